The maximum Gasteiger partial charge on any atom is 0.104 e. The van der Waals surface area contributed by atoms with E-state index in [1.54, 1.807) is 0 Å². The highest BCUT2D eigenvalue weighted by Crippen LogP contribution is 2.27. The Hall–Kier alpha value is -0.580. The number of aliphatic hydroxyl groups is 1. The van der Waals surface area contributed by atoms with Crippen LogP contribution in [0, 0.1) is 9.49 Å². The van der Waals surface area contributed by atoms with Gasteiger partial charge in [0.1, 0.15) is 6.10 Å². The van der Waals surface area contributed by atoms with Crippen LogP contribution in [0.1, 0.15) is 36.6 Å². The van der Waals surface area contributed by atoms with Gasteiger partial charge in [0, 0.05) is 3.57 Å². The molecule has 0 aliphatic carbocycles. The Kier molecular flexibility index (Phi) is 5.47. The van der Waals surface area contributed by atoms with Crippen LogP contribution < -0.4 is 0 Å². The molecule has 1 nitrogen and oxygen atoms in total. The monoisotopic (exact) mass is 400 g/mol. The van der Waals surface area contributed by atoms with Crippen LogP contribution in [0.15, 0.2) is 42.5 Å². The first-order valence-corrected chi connectivity index (χ1v) is 8.15. The van der Waals surface area contributed by atoms with Gasteiger partial charge in [-0.2, -0.15) is 0 Å². The van der Waals surface area contributed by atoms with Gasteiger partial charge in [0.05, 0.1) is 5.02 Å². The fourth-order valence-corrected chi connectivity index (χ4v) is 2.76. The lowest BCUT2D eigenvalue weighted by molar-refractivity contribution is 0.220. The predicted octanol–water partition coefficient (Wildman–Crippen LogP) is 5.22. The van der Waals surface area contributed by atoms with E-state index < -0.39 is 6.10 Å². The molecule has 3 heteroatoms. The van der Waals surface area contributed by atoms with E-state index in [1.807, 2.05) is 30.3 Å². The van der Waals surface area contributed by atoms with Crippen LogP contribution in [-0.2, 0) is 6.42 Å². The van der Waals surface area contributed by atoms with Gasteiger partial charge in [-0.05, 0) is 63.8 Å². The van der Waals surface area contributed by atoms with Crippen molar-refractivity contribution >= 4 is 34.2 Å². The van der Waals surface area contributed by atoms with Crippen molar-refractivity contribution in [1.29, 1.82) is 0 Å². The van der Waals surface area contributed by atoms with Crippen LogP contribution in [0.4, 0.5) is 0 Å². The van der Waals surface area contributed by atoms with Gasteiger partial charge < -0.3 is 5.11 Å². The molecule has 0 fully saturated rings. The third kappa shape index (κ3) is 3.96. The van der Waals surface area contributed by atoms with E-state index in [2.05, 4.69) is 48.6 Å². The lowest BCUT2D eigenvalue weighted by atomic mass is 9.96. The van der Waals surface area contributed by atoms with Crippen LogP contribution in [-0.4, -0.2) is 5.11 Å². The van der Waals surface area contributed by atoms with Gasteiger partial charge >= 0.3 is 0 Å². The van der Waals surface area contributed by atoms with E-state index in [-0.39, 0.29) is 0 Å². The van der Waals surface area contributed by atoms with Crippen molar-refractivity contribution in [3.8, 4) is 0 Å². The molecule has 0 spiro atoms. The molecule has 0 saturated heterocycles. The molecule has 0 radical (unpaired) electrons. The molecule has 2 aromatic rings. The highest BCUT2D eigenvalue weighted by molar-refractivity contribution is 14.1. The Balaban J connectivity index is 2.28. The molecule has 0 aliphatic rings. The summed E-state index contributed by atoms with van der Waals surface area (Å²) in [6.07, 6.45) is 0.394. The minimum absolute atomic E-state index is 0.607. The first-order chi connectivity index (χ1) is 9.47. The number of benzene rings is 2. The minimum atomic E-state index is -0.628. The van der Waals surface area contributed by atoms with Gasteiger partial charge in [-0.15, -0.1) is 0 Å². The topological polar surface area (TPSA) is 20.2 Å². The highest BCUT2D eigenvalue weighted by Gasteiger charge is 2.12. The fraction of sp³-hybridized carbons (Fsp3) is 0.294. The van der Waals surface area contributed by atoms with Crippen molar-refractivity contribution in [3.05, 3.63) is 67.7 Å². The molecule has 1 unspecified atom stereocenters. The van der Waals surface area contributed by atoms with Crippen molar-refractivity contribution in [2.45, 2.75) is 26.4 Å². The number of rotatable bonds is 4. The van der Waals surface area contributed by atoms with Crippen LogP contribution in [0.25, 0.3) is 0 Å². The van der Waals surface area contributed by atoms with Crippen molar-refractivity contribution in [2.75, 3.05) is 0 Å². The number of aliphatic hydroxyl groups excluding tert-OH is 1. The first kappa shape index (κ1) is 15.8. The molecular weight excluding hydrogens is 383 g/mol. The lowest BCUT2D eigenvalue weighted by Crippen LogP contribution is -2.02. The molecule has 2 rings (SSSR count). The Morgan fingerprint density at radius 2 is 1.80 bits per heavy atom. The molecule has 0 heterocycles. The Labute approximate surface area is 139 Å². The quantitative estimate of drug-likeness (QED) is 0.697. The number of hydrogen-bond donors (Lipinski definition) is 1. The standard InChI is InChI=1S/C17H18ClIO/c1-11(2)8-12-4-3-5-13(9-12)17(20)14-6-7-16(19)15(18)10-14/h3-7,9-11,17,20H,8H2,1-2H3. The average molecular weight is 401 g/mol. The van der Waals surface area contributed by atoms with Gasteiger partial charge in [0.2, 0.25) is 0 Å². The van der Waals surface area contributed by atoms with Crippen LogP contribution >= 0.6 is 34.2 Å². The fourth-order valence-electron chi connectivity index (χ4n) is 2.24. The number of halogens is 2. The van der Waals surface area contributed by atoms with E-state index in [0.29, 0.717) is 10.9 Å². The summed E-state index contributed by atoms with van der Waals surface area (Å²) in [7, 11) is 0. The maximum absolute atomic E-state index is 10.5. The van der Waals surface area contributed by atoms with E-state index in [4.69, 9.17) is 11.6 Å². The lowest BCUT2D eigenvalue weighted by Gasteiger charge is -2.14. The summed E-state index contributed by atoms with van der Waals surface area (Å²) in [6, 6.07) is 13.8. The van der Waals surface area contributed by atoms with Gasteiger partial charge in [0.15, 0.2) is 0 Å². The maximum atomic E-state index is 10.5. The zero-order valence-electron chi connectivity index (χ0n) is 11.6. The molecule has 2 aromatic carbocycles. The summed E-state index contributed by atoms with van der Waals surface area (Å²) in [5.41, 5.74) is 3.01. The van der Waals surface area contributed by atoms with Gasteiger partial charge in [-0.25, -0.2) is 0 Å². The zero-order valence-corrected chi connectivity index (χ0v) is 14.5. The Morgan fingerprint density at radius 3 is 2.45 bits per heavy atom. The summed E-state index contributed by atoms with van der Waals surface area (Å²) in [5.74, 6) is 0.607. The normalized spacial score (nSPS) is 12.7. The van der Waals surface area contributed by atoms with Gasteiger partial charge in [0.25, 0.3) is 0 Å². The van der Waals surface area contributed by atoms with E-state index in [1.165, 1.54) is 5.56 Å². The largest absolute Gasteiger partial charge is 0.384 e. The SMILES string of the molecule is CC(C)Cc1cccc(C(O)c2ccc(I)c(Cl)c2)c1. The third-order valence-electron chi connectivity index (χ3n) is 3.17. The van der Waals surface area contributed by atoms with Crippen molar-refractivity contribution in [1.82, 2.24) is 0 Å². The molecular formula is C17H18ClIO. The average Bonchev–Trinajstić information content (AvgIpc) is 2.40. The molecule has 1 atom stereocenters. The molecule has 1 N–H and O–H groups in total. The van der Waals surface area contributed by atoms with Gasteiger partial charge in [-0.3, -0.25) is 0 Å². The molecule has 0 bridgehead atoms. The van der Waals surface area contributed by atoms with Crippen molar-refractivity contribution < 1.29 is 5.11 Å². The Morgan fingerprint density at radius 1 is 1.10 bits per heavy atom. The van der Waals surface area contributed by atoms with Crippen LogP contribution in [0.3, 0.4) is 0 Å². The van der Waals surface area contributed by atoms with Crippen LogP contribution in [0.5, 0.6) is 0 Å². The zero-order chi connectivity index (χ0) is 14.7. The highest BCUT2D eigenvalue weighted by atomic mass is 127. The second-order valence-electron chi connectivity index (χ2n) is 5.42. The molecule has 0 aliphatic heterocycles. The molecule has 106 valence electrons. The minimum Gasteiger partial charge on any atom is -0.384 e. The van der Waals surface area contributed by atoms with E-state index >= 15 is 0 Å². The number of hydrogen-bond acceptors (Lipinski definition) is 1. The molecule has 0 saturated carbocycles. The van der Waals surface area contributed by atoms with Crippen molar-refractivity contribution in [3.63, 3.8) is 0 Å². The Bertz CT molecular complexity index is 595. The summed E-state index contributed by atoms with van der Waals surface area (Å²) in [4.78, 5) is 0. The molecule has 0 aromatic heterocycles. The van der Waals surface area contributed by atoms with E-state index in [9.17, 15) is 5.11 Å². The van der Waals surface area contributed by atoms with E-state index in [0.717, 1.165) is 21.1 Å². The molecule has 20 heavy (non-hydrogen) atoms. The smallest absolute Gasteiger partial charge is 0.104 e. The molecule has 0 amide bonds. The summed E-state index contributed by atoms with van der Waals surface area (Å²) < 4.78 is 0.994. The first-order valence-electron chi connectivity index (χ1n) is 6.69. The van der Waals surface area contributed by atoms with Gasteiger partial charge in [-0.1, -0.05) is 55.8 Å². The second-order valence-corrected chi connectivity index (χ2v) is 6.99. The van der Waals surface area contributed by atoms with Crippen molar-refractivity contribution in [2.24, 2.45) is 5.92 Å². The predicted molar refractivity (Wildman–Crippen MR) is 93.2 cm³/mol. The summed E-state index contributed by atoms with van der Waals surface area (Å²) in [6.45, 7) is 4.39. The second kappa shape index (κ2) is 6.92. The third-order valence-corrected chi connectivity index (χ3v) is 4.74. The summed E-state index contributed by atoms with van der Waals surface area (Å²) in [5, 5.41) is 11.2. The van der Waals surface area contributed by atoms with Crippen LogP contribution in [0.2, 0.25) is 5.02 Å². The summed E-state index contributed by atoms with van der Waals surface area (Å²) >= 11 is 8.31.